The minimum Gasteiger partial charge on any atom is -0.466 e. The SMILES string of the molecule is CCOC(=O)Cc1c(S)ccc(C=O)c1C#N. The molecule has 0 spiro atoms. The van der Waals surface area contributed by atoms with Crippen LogP contribution in [0.1, 0.15) is 28.4 Å². The van der Waals surface area contributed by atoms with Crippen molar-refractivity contribution in [3.63, 3.8) is 0 Å². The molecule has 0 amide bonds. The second-order valence-electron chi connectivity index (χ2n) is 3.24. The van der Waals surface area contributed by atoms with Gasteiger partial charge in [0, 0.05) is 10.5 Å². The first kappa shape index (κ1) is 13.3. The molecule has 0 aromatic heterocycles. The van der Waals surface area contributed by atoms with Crippen LogP contribution in [0.5, 0.6) is 0 Å². The predicted octanol–water partition coefficient (Wildman–Crippen LogP) is 1.77. The summed E-state index contributed by atoms with van der Waals surface area (Å²) in [5.41, 5.74) is 0.865. The number of aldehydes is 1. The van der Waals surface area contributed by atoms with Crippen LogP contribution in [0.4, 0.5) is 0 Å². The fourth-order valence-electron chi connectivity index (χ4n) is 1.42. The Bertz CT molecular complexity index is 491. The van der Waals surface area contributed by atoms with Crippen molar-refractivity contribution in [3.8, 4) is 6.07 Å². The molecule has 4 nitrogen and oxygen atoms in total. The summed E-state index contributed by atoms with van der Waals surface area (Å²) in [6.45, 7) is 1.97. The molecule has 0 aliphatic rings. The van der Waals surface area contributed by atoms with Crippen LogP contribution >= 0.6 is 12.6 Å². The Morgan fingerprint density at radius 2 is 2.29 bits per heavy atom. The molecule has 17 heavy (non-hydrogen) atoms. The molecule has 0 atom stereocenters. The average Bonchev–Trinajstić information content (AvgIpc) is 2.31. The third kappa shape index (κ3) is 3.08. The molecule has 0 saturated carbocycles. The van der Waals surface area contributed by atoms with Crippen LogP contribution in [0.25, 0.3) is 0 Å². The van der Waals surface area contributed by atoms with E-state index in [9.17, 15) is 9.59 Å². The second-order valence-corrected chi connectivity index (χ2v) is 3.72. The van der Waals surface area contributed by atoms with E-state index in [-0.39, 0.29) is 24.2 Å². The standard InChI is InChI=1S/C12H11NO3S/c1-2-16-12(15)5-9-10(6-13)8(7-14)3-4-11(9)17/h3-4,7,17H,2,5H2,1H3. The zero-order chi connectivity index (χ0) is 12.8. The summed E-state index contributed by atoms with van der Waals surface area (Å²) in [5.74, 6) is -0.442. The summed E-state index contributed by atoms with van der Waals surface area (Å²) >= 11 is 4.18. The summed E-state index contributed by atoms with van der Waals surface area (Å²) in [7, 11) is 0. The van der Waals surface area contributed by atoms with Crippen molar-refractivity contribution in [3.05, 3.63) is 28.8 Å². The molecule has 1 rings (SSSR count). The van der Waals surface area contributed by atoms with E-state index < -0.39 is 5.97 Å². The van der Waals surface area contributed by atoms with Gasteiger partial charge in [-0.15, -0.1) is 12.6 Å². The molecule has 88 valence electrons. The molecule has 0 aliphatic heterocycles. The van der Waals surface area contributed by atoms with Crippen molar-refractivity contribution in [2.75, 3.05) is 6.61 Å². The number of thiol groups is 1. The molecule has 0 radical (unpaired) electrons. The smallest absolute Gasteiger partial charge is 0.310 e. The number of esters is 1. The van der Waals surface area contributed by atoms with Crippen LogP contribution in [0.15, 0.2) is 17.0 Å². The molecule has 0 N–H and O–H groups in total. The molecule has 0 heterocycles. The van der Waals surface area contributed by atoms with Gasteiger partial charge in [-0.1, -0.05) is 0 Å². The second kappa shape index (κ2) is 6.06. The van der Waals surface area contributed by atoms with E-state index in [1.165, 1.54) is 6.07 Å². The number of carbonyl (C=O) groups is 2. The van der Waals surface area contributed by atoms with Crippen LogP contribution in [-0.2, 0) is 16.0 Å². The maximum absolute atomic E-state index is 11.4. The Labute approximate surface area is 105 Å². The largest absolute Gasteiger partial charge is 0.466 e. The van der Waals surface area contributed by atoms with E-state index >= 15 is 0 Å². The third-order valence-electron chi connectivity index (χ3n) is 2.19. The summed E-state index contributed by atoms with van der Waals surface area (Å²) in [6, 6.07) is 5.00. The number of rotatable bonds is 4. The summed E-state index contributed by atoms with van der Waals surface area (Å²) in [4.78, 5) is 22.6. The highest BCUT2D eigenvalue weighted by Crippen LogP contribution is 2.22. The number of benzene rings is 1. The van der Waals surface area contributed by atoms with Gasteiger partial charge in [-0.05, 0) is 24.6 Å². The lowest BCUT2D eigenvalue weighted by molar-refractivity contribution is -0.142. The van der Waals surface area contributed by atoms with E-state index in [2.05, 4.69) is 12.6 Å². The highest BCUT2D eigenvalue weighted by molar-refractivity contribution is 7.80. The van der Waals surface area contributed by atoms with Gasteiger partial charge in [0.1, 0.15) is 6.07 Å². The van der Waals surface area contributed by atoms with E-state index in [0.29, 0.717) is 16.7 Å². The molecule has 0 fully saturated rings. The number of nitriles is 1. The molecule has 1 aromatic carbocycles. The number of nitrogens with zero attached hydrogens (tertiary/aromatic N) is 1. The quantitative estimate of drug-likeness (QED) is 0.501. The van der Waals surface area contributed by atoms with Crippen LogP contribution in [0, 0.1) is 11.3 Å². The van der Waals surface area contributed by atoms with Gasteiger partial charge in [0.05, 0.1) is 18.6 Å². The average molecular weight is 249 g/mol. The molecule has 1 aromatic rings. The van der Waals surface area contributed by atoms with E-state index in [4.69, 9.17) is 10.00 Å². The predicted molar refractivity (Wildman–Crippen MR) is 64.1 cm³/mol. The van der Waals surface area contributed by atoms with Crippen molar-refractivity contribution >= 4 is 24.9 Å². The van der Waals surface area contributed by atoms with Crippen LogP contribution in [0.2, 0.25) is 0 Å². The number of ether oxygens (including phenoxy) is 1. The first-order chi connectivity index (χ1) is 8.13. The lowest BCUT2D eigenvalue weighted by Gasteiger charge is -2.08. The first-order valence-corrected chi connectivity index (χ1v) is 5.44. The summed E-state index contributed by atoms with van der Waals surface area (Å²) in [5, 5.41) is 9.00. The molecule has 0 bridgehead atoms. The number of hydrogen-bond donors (Lipinski definition) is 1. The Hall–Kier alpha value is -1.80. The van der Waals surface area contributed by atoms with Crippen LogP contribution in [-0.4, -0.2) is 18.9 Å². The zero-order valence-corrected chi connectivity index (χ0v) is 10.2. The van der Waals surface area contributed by atoms with Crippen LogP contribution < -0.4 is 0 Å². The van der Waals surface area contributed by atoms with E-state index in [1.807, 2.05) is 6.07 Å². The van der Waals surface area contributed by atoms with Gasteiger partial charge in [-0.3, -0.25) is 9.59 Å². The summed E-state index contributed by atoms with van der Waals surface area (Å²) in [6.07, 6.45) is 0.525. The Kier molecular flexibility index (Phi) is 4.73. The lowest BCUT2D eigenvalue weighted by atomic mass is 10.0. The van der Waals surface area contributed by atoms with Crippen molar-refractivity contribution in [1.29, 1.82) is 5.26 Å². The van der Waals surface area contributed by atoms with Gasteiger partial charge in [0.15, 0.2) is 6.29 Å². The lowest BCUT2D eigenvalue weighted by Crippen LogP contribution is -2.10. The Balaban J connectivity index is 3.17. The van der Waals surface area contributed by atoms with Crippen molar-refractivity contribution < 1.29 is 14.3 Å². The van der Waals surface area contributed by atoms with Crippen molar-refractivity contribution in [2.24, 2.45) is 0 Å². The molecule has 5 heteroatoms. The minimum atomic E-state index is -0.442. The van der Waals surface area contributed by atoms with Gasteiger partial charge in [-0.25, -0.2) is 0 Å². The fourth-order valence-corrected chi connectivity index (χ4v) is 1.69. The highest BCUT2D eigenvalue weighted by atomic mass is 32.1. The van der Waals surface area contributed by atoms with Gasteiger partial charge >= 0.3 is 5.97 Å². The highest BCUT2D eigenvalue weighted by Gasteiger charge is 2.15. The van der Waals surface area contributed by atoms with Gasteiger partial charge in [0.2, 0.25) is 0 Å². The maximum Gasteiger partial charge on any atom is 0.310 e. The first-order valence-electron chi connectivity index (χ1n) is 4.99. The van der Waals surface area contributed by atoms with Crippen molar-refractivity contribution in [2.45, 2.75) is 18.2 Å². The molecule has 0 saturated heterocycles. The number of carbonyl (C=O) groups excluding carboxylic acids is 2. The van der Waals surface area contributed by atoms with E-state index in [0.717, 1.165) is 0 Å². The Morgan fingerprint density at radius 3 is 2.82 bits per heavy atom. The monoisotopic (exact) mass is 249 g/mol. The fraction of sp³-hybridized carbons (Fsp3) is 0.250. The zero-order valence-electron chi connectivity index (χ0n) is 9.27. The van der Waals surface area contributed by atoms with Crippen LogP contribution in [0.3, 0.4) is 0 Å². The van der Waals surface area contributed by atoms with Crippen molar-refractivity contribution in [1.82, 2.24) is 0 Å². The topological polar surface area (TPSA) is 67.2 Å². The molecule has 0 unspecified atom stereocenters. The molecule has 0 aliphatic carbocycles. The van der Waals surface area contributed by atoms with Gasteiger partial charge in [-0.2, -0.15) is 5.26 Å². The molecular formula is C12H11NO3S. The molecular weight excluding hydrogens is 238 g/mol. The third-order valence-corrected chi connectivity index (χ3v) is 2.60. The van der Waals surface area contributed by atoms with Gasteiger partial charge < -0.3 is 4.74 Å². The minimum absolute atomic E-state index is 0.0583. The van der Waals surface area contributed by atoms with Gasteiger partial charge in [0.25, 0.3) is 0 Å². The normalized spacial score (nSPS) is 9.47. The maximum atomic E-state index is 11.4. The van der Waals surface area contributed by atoms with E-state index in [1.54, 1.807) is 13.0 Å². The summed E-state index contributed by atoms with van der Waals surface area (Å²) < 4.78 is 4.80. The number of hydrogen-bond acceptors (Lipinski definition) is 5. The Morgan fingerprint density at radius 1 is 1.59 bits per heavy atom.